The van der Waals surface area contributed by atoms with Crippen molar-refractivity contribution < 1.29 is 0 Å². The zero-order valence-corrected chi connectivity index (χ0v) is 9.66. The predicted molar refractivity (Wildman–Crippen MR) is 62.4 cm³/mol. The van der Waals surface area contributed by atoms with Crippen LogP contribution in [0.1, 0.15) is 26.7 Å². The molecule has 1 atom stereocenters. The lowest BCUT2D eigenvalue weighted by Gasteiger charge is -2.06. The summed E-state index contributed by atoms with van der Waals surface area (Å²) in [6.07, 6.45) is 4.41. The van der Waals surface area contributed by atoms with Gasteiger partial charge < -0.3 is 11.1 Å². The molecule has 0 radical (unpaired) electrons. The molecule has 0 aromatic carbocycles. The number of unbranched alkanes of at least 4 members (excludes halogenated alkanes) is 1. The standard InChI is InChI=1S/C9H21N3S/c1-4-5-6-11-9(10)12-7-8(2)13-3/h8H,4-7H2,1-3H3,(H3,10,11,12). The summed E-state index contributed by atoms with van der Waals surface area (Å²) in [5.74, 6) is 0.578. The largest absolute Gasteiger partial charge is 0.370 e. The van der Waals surface area contributed by atoms with Gasteiger partial charge in [-0.15, -0.1) is 0 Å². The highest BCUT2D eigenvalue weighted by Gasteiger charge is 1.97. The molecule has 0 aromatic heterocycles. The second kappa shape index (κ2) is 8.23. The molecule has 0 heterocycles. The quantitative estimate of drug-likeness (QED) is 0.390. The van der Waals surface area contributed by atoms with E-state index < -0.39 is 0 Å². The summed E-state index contributed by atoms with van der Waals surface area (Å²) in [6, 6.07) is 0. The third-order valence-electron chi connectivity index (χ3n) is 1.76. The number of nitrogens with two attached hydrogens (primary N) is 1. The molecule has 0 saturated heterocycles. The van der Waals surface area contributed by atoms with Crippen LogP contribution in [-0.4, -0.2) is 30.6 Å². The first-order valence-corrected chi connectivity index (χ1v) is 6.06. The number of hydrogen-bond donors (Lipinski definition) is 2. The lowest BCUT2D eigenvalue weighted by atomic mass is 10.3. The monoisotopic (exact) mass is 203 g/mol. The number of hydrogen-bond acceptors (Lipinski definition) is 2. The molecule has 1 unspecified atom stereocenters. The van der Waals surface area contributed by atoms with Gasteiger partial charge in [0.05, 0.1) is 6.54 Å². The van der Waals surface area contributed by atoms with E-state index in [1.54, 1.807) is 11.8 Å². The first-order valence-electron chi connectivity index (χ1n) is 4.77. The molecule has 3 nitrogen and oxygen atoms in total. The van der Waals surface area contributed by atoms with Crippen LogP contribution in [0, 0.1) is 0 Å². The van der Waals surface area contributed by atoms with E-state index in [1.165, 1.54) is 6.42 Å². The van der Waals surface area contributed by atoms with Gasteiger partial charge in [0.25, 0.3) is 0 Å². The minimum Gasteiger partial charge on any atom is -0.370 e. The molecular formula is C9H21N3S. The summed E-state index contributed by atoms with van der Waals surface area (Å²) in [7, 11) is 0. The summed E-state index contributed by atoms with van der Waals surface area (Å²) in [6.45, 7) is 6.03. The number of nitrogens with zero attached hydrogens (tertiary/aromatic N) is 1. The number of aliphatic imine (C=N–C) groups is 1. The Morgan fingerprint density at radius 1 is 1.62 bits per heavy atom. The highest BCUT2D eigenvalue weighted by molar-refractivity contribution is 7.99. The van der Waals surface area contributed by atoms with Crippen molar-refractivity contribution in [2.24, 2.45) is 10.7 Å². The SMILES string of the molecule is CCCCNC(N)=NCC(C)SC. The average molecular weight is 203 g/mol. The molecule has 78 valence electrons. The Kier molecular flexibility index (Phi) is 7.99. The number of guanidine groups is 1. The Bertz CT molecular complexity index is 148. The predicted octanol–water partition coefficient (Wildman–Crippen LogP) is 1.44. The van der Waals surface area contributed by atoms with Gasteiger partial charge >= 0.3 is 0 Å². The molecular weight excluding hydrogens is 182 g/mol. The number of thioether (sulfide) groups is 1. The number of nitrogens with one attached hydrogen (secondary N) is 1. The van der Waals surface area contributed by atoms with Gasteiger partial charge in [0.1, 0.15) is 0 Å². The molecule has 4 heteroatoms. The van der Waals surface area contributed by atoms with Crippen molar-refractivity contribution in [2.75, 3.05) is 19.3 Å². The smallest absolute Gasteiger partial charge is 0.188 e. The lowest BCUT2D eigenvalue weighted by molar-refractivity contribution is 0.747. The Morgan fingerprint density at radius 3 is 2.85 bits per heavy atom. The first-order chi connectivity index (χ1) is 6.20. The highest BCUT2D eigenvalue weighted by Crippen LogP contribution is 2.03. The molecule has 0 rings (SSSR count). The molecule has 0 aliphatic carbocycles. The van der Waals surface area contributed by atoms with Crippen LogP contribution < -0.4 is 11.1 Å². The van der Waals surface area contributed by atoms with Crippen molar-refractivity contribution in [3.63, 3.8) is 0 Å². The molecule has 0 fully saturated rings. The summed E-state index contributed by atoms with van der Waals surface area (Å²) < 4.78 is 0. The number of rotatable bonds is 6. The van der Waals surface area contributed by atoms with Gasteiger partial charge in [0.2, 0.25) is 0 Å². The van der Waals surface area contributed by atoms with Gasteiger partial charge in [-0.25, -0.2) is 0 Å². The maximum atomic E-state index is 5.65. The molecule has 3 N–H and O–H groups in total. The molecule has 0 aliphatic heterocycles. The van der Waals surface area contributed by atoms with E-state index in [0.29, 0.717) is 11.2 Å². The van der Waals surface area contributed by atoms with E-state index in [4.69, 9.17) is 5.73 Å². The van der Waals surface area contributed by atoms with E-state index in [9.17, 15) is 0 Å². The normalized spacial score (nSPS) is 14.2. The molecule has 13 heavy (non-hydrogen) atoms. The van der Waals surface area contributed by atoms with Crippen LogP contribution in [0.3, 0.4) is 0 Å². The van der Waals surface area contributed by atoms with Gasteiger partial charge in [-0.05, 0) is 12.7 Å². The van der Waals surface area contributed by atoms with E-state index in [2.05, 4.69) is 30.4 Å². The second-order valence-corrected chi connectivity index (χ2v) is 4.33. The van der Waals surface area contributed by atoms with Crippen LogP contribution in [0.25, 0.3) is 0 Å². The van der Waals surface area contributed by atoms with Crippen LogP contribution in [0.5, 0.6) is 0 Å². The summed E-state index contributed by atoms with van der Waals surface area (Å²) >= 11 is 1.80. The summed E-state index contributed by atoms with van der Waals surface area (Å²) in [5.41, 5.74) is 5.65. The van der Waals surface area contributed by atoms with Crippen molar-refractivity contribution in [2.45, 2.75) is 31.9 Å². The third-order valence-corrected chi connectivity index (χ3v) is 2.71. The Morgan fingerprint density at radius 2 is 2.31 bits per heavy atom. The second-order valence-electron chi connectivity index (χ2n) is 3.05. The molecule has 0 saturated carbocycles. The van der Waals surface area contributed by atoms with Crippen LogP contribution >= 0.6 is 11.8 Å². The van der Waals surface area contributed by atoms with E-state index >= 15 is 0 Å². The van der Waals surface area contributed by atoms with E-state index in [1.807, 2.05) is 0 Å². The first kappa shape index (κ1) is 12.6. The van der Waals surface area contributed by atoms with E-state index in [-0.39, 0.29) is 0 Å². The Labute approximate surface area is 85.6 Å². The van der Waals surface area contributed by atoms with Gasteiger partial charge in [-0.2, -0.15) is 11.8 Å². The van der Waals surface area contributed by atoms with Gasteiger partial charge in [-0.3, -0.25) is 4.99 Å². The third kappa shape index (κ3) is 7.96. The summed E-state index contributed by atoms with van der Waals surface area (Å²) in [5, 5.41) is 3.63. The van der Waals surface area contributed by atoms with Crippen LogP contribution in [0.4, 0.5) is 0 Å². The highest BCUT2D eigenvalue weighted by atomic mass is 32.2. The maximum absolute atomic E-state index is 5.65. The maximum Gasteiger partial charge on any atom is 0.188 e. The Balaban J connectivity index is 3.50. The minimum atomic E-state index is 0.548. The van der Waals surface area contributed by atoms with Crippen molar-refractivity contribution >= 4 is 17.7 Å². The van der Waals surface area contributed by atoms with Crippen LogP contribution in [-0.2, 0) is 0 Å². The van der Waals surface area contributed by atoms with Crippen molar-refractivity contribution in [1.82, 2.24) is 5.32 Å². The van der Waals surface area contributed by atoms with Crippen molar-refractivity contribution in [3.8, 4) is 0 Å². The molecule has 0 aromatic rings. The molecule has 0 aliphatic rings. The van der Waals surface area contributed by atoms with Crippen molar-refractivity contribution in [3.05, 3.63) is 0 Å². The molecule has 0 amide bonds. The van der Waals surface area contributed by atoms with Gasteiger partial charge in [0.15, 0.2) is 5.96 Å². The van der Waals surface area contributed by atoms with Crippen LogP contribution in [0.15, 0.2) is 4.99 Å². The van der Waals surface area contributed by atoms with Crippen molar-refractivity contribution in [1.29, 1.82) is 0 Å². The fraction of sp³-hybridized carbons (Fsp3) is 0.889. The lowest BCUT2D eigenvalue weighted by Crippen LogP contribution is -2.33. The van der Waals surface area contributed by atoms with E-state index in [0.717, 1.165) is 19.5 Å². The van der Waals surface area contributed by atoms with Crippen LogP contribution in [0.2, 0.25) is 0 Å². The Hall–Kier alpha value is -0.380. The molecule has 0 bridgehead atoms. The fourth-order valence-corrected chi connectivity index (χ4v) is 0.974. The van der Waals surface area contributed by atoms with Gasteiger partial charge in [-0.1, -0.05) is 20.3 Å². The fourth-order valence-electron chi connectivity index (χ4n) is 0.751. The van der Waals surface area contributed by atoms with Gasteiger partial charge in [0, 0.05) is 11.8 Å². The average Bonchev–Trinajstić information content (AvgIpc) is 2.14. The zero-order chi connectivity index (χ0) is 10.1. The molecule has 0 spiro atoms. The topological polar surface area (TPSA) is 50.4 Å². The summed E-state index contributed by atoms with van der Waals surface area (Å²) in [4.78, 5) is 4.23. The zero-order valence-electron chi connectivity index (χ0n) is 8.84. The minimum absolute atomic E-state index is 0.548.